The monoisotopic (exact) mass is 429 g/mol. The van der Waals surface area contributed by atoms with E-state index in [1.54, 1.807) is 12.1 Å². The summed E-state index contributed by atoms with van der Waals surface area (Å²) in [5.74, 6) is 0.690. The minimum atomic E-state index is -3.90. The van der Waals surface area contributed by atoms with Gasteiger partial charge >= 0.3 is 0 Å². The van der Waals surface area contributed by atoms with E-state index in [0.29, 0.717) is 18.2 Å². The van der Waals surface area contributed by atoms with Crippen molar-refractivity contribution in [2.75, 3.05) is 6.61 Å². The summed E-state index contributed by atoms with van der Waals surface area (Å²) >= 11 is 3.24. The van der Waals surface area contributed by atoms with Crippen LogP contribution in [0.5, 0.6) is 5.75 Å². The minimum Gasteiger partial charge on any atom is -0.488 e. The molecule has 1 heterocycles. The van der Waals surface area contributed by atoms with Gasteiger partial charge in [0.25, 0.3) is 10.1 Å². The van der Waals surface area contributed by atoms with E-state index in [2.05, 4.69) is 34.8 Å². The quantitative estimate of drug-likeness (QED) is 0.649. The van der Waals surface area contributed by atoms with E-state index < -0.39 is 10.1 Å². The maximum absolute atomic E-state index is 12.1. The van der Waals surface area contributed by atoms with E-state index in [4.69, 9.17) is 8.92 Å². The fourth-order valence-corrected chi connectivity index (χ4v) is 3.06. The van der Waals surface area contributed by atoms with Gasteiger partial charge < -0.3 is 9.72 Å². The van der Waals surface area contributed by atoms with Crippen LogP contribution in [0.15, 0.2) is 50.7 Å². The second-order valence-corrected chi connectivity index (χ2v) is 8.42. The topological polar surface area (TPSA) is 85.5 Å². The molecule has 1 N–H and O–H groups in total. The predicted octanol–water partition coefficient (Wildman–Crippen LogP) is 3.47. The Hall–Kier alpha value is -1.64. The number of ether oxygens (including phenoxy) is 1. The first kappa shape index (κ1) is 19.7. The molecule has 0 fully saturated rings. The zero-order valence-corrected chi connectivity index (χ0v) is 16.4. The highest BCUT2D eigenvalue weighted by atomic mass is 79.9. The Morgan fingerprint density at radius 3 is 2.48 bits per heavy atom. The van der Waals surface area contributed by atoms with Gasteiger partial charge in [0.2, 0.25) is 5.43 Å². The third kappa shape index (κ3) is 5.98. The molecule has 0 atom stereocenters. The lowest BCUT2D eigenvalue weighted by atomic mass is 10.1. The molecule has 0 amide bonds. The van der Waals surface area contributed by atoms with E-state index in [-0.39, 0.29) is 22.7 Å². The van der Waals surface area contributed by atoms with Crippen molar-refractivity contribution in [3.63, 3.8) is 0 Å². The number of H-pyrrole nitrogens is 1. The lowest BCUT2D eigenvalue weighted by Crippen LogP contribution is -2.13. The number of rotatable bonds is 8. The first-order valence-electron chi connectivity index (χ1n) is 7.77. The number of hydrogen-bond acceptors (Lipinski definition) is 5. The Bertz CT molecular complexity index is 859. The molecule has 0 saturated heterocycles. The molecule has 136 valence electrons. The SMILES string of the molecule is CC(C)CCOc1c[nH]c(COS(=O)(=O)c2ccc(Br)cc2)cc1=O. The van der Waals surface area contributed by atoms with Gasteiger partial charge in [-0.1, -0.05) is 29.8 Å². The van der Waals surface area contributed by atoms with Crippen molar-refractivity contribution in [1.82, 2.24) is 4.98 Å². The Labute approximate surface area is 155 Å². The number of benzene rings is 1. The average Bonchev–Trinajstić information content (AvgIpc) is 2.55. The summed E-state index contributed by atoms with van der Waals surface area (Å²) in [6.07, 6.45) is 2.27. The second-order valence-electron chi connectivity index (χ2n) is 5.89. The molecule has 0 radical (unpaired) electrons. The van der Waals surface area contributed by atoms with Gasteiger partial charge in [0.05, 0.1) is 11.5 Å². The van der Waals surface area contributed by atoms with Gasteiger partial charge in [0, 0.05) is 22.4 Å². The summed E-state index contributed by atoms with van der Waals surface area (Å²) in [6.45, 7) is 4.33. The first-order chi connectivity index (χ1) is 11.8. The third-order valence-corrected chi connectivity index (χ3v) is 5.17. The summed E-state index contributed by atoms with van der Waals surface area (Å²) in [5, 5.41) is 0. The molecule has 0 saturated carbocycles. The highest BCUT2D eigenvalue weighted by molar-refractivity contribution is 9.10. The smallest absolute Gasteiger partial charge is 0.297 e. The van der Waals surface area contributed by atoms with Crippen molar-refractivity contribution >= 4 is 26.0 Å². The number of aromatic amines is 1. The Morgan fingerprint density at radius 2 is 1.88 bits per heavy atom. The molecule has 0 aliphatic carbocycles. The van der Waals surface area contributed by atoms with Gasteiger partial charge in [-0.25, -0.2) is 0 Å². The van der Waals surface area contributed by atoms with E-state index in [1.165, 1.54) is 24.4 Å². The normalized spacial score (nSPS) is 11.7. The van der Waals surface area contributed by atoms with Crippen LogP contribution in [0, 0.1) is 5.92 Å². The Kier molecular flexibility index (Phi) is 6.80. The van der Waals surface area contributed by atoms with Crippen molar-refractivity contribution in [2.24, 2.45) is 5.92 Å². The van der Waals surface area contributed by atoms with Crippen LogP contribution in [0.25, 0.3) is 0 Å². The maximum Gasteiger partial charge on any atom is 0.297 e. The van der Waals surface area contributed by atoms with Crippen LogP contribution in [0.2, 0.25) is 0 Å². The first-order valence-corrected chi connectivity index (χ1v) is 9.97. The van der Waals surface area contributed by atoms with E-state index in [9.17, 15) is 13.2 Å². The molecule has 0 aliphatic heterocycles. The average molecular weight is 430 g/mol. The van der Waals surface area contributed by atoms with Crippen molar-refractivity contribution < 1.29 is 17.3 Å². The van der Waals surface area contributed by atoms with E-state index >= 15 is 0 Å². The summed E-state index contributed by atoms with van der Waals surface area (Å²) in [5.41, 5.74) is 0.0315. The fraction of sp³-hybridized carbons (Fsp3) is 0.353. The molecule has 0 bridgehead atoms. The van der Waals surface area contributed by atoms with Crippen LogP contribution in [-0.2, 0) is 20.9 Å². The molecule has 25 heavy (non-hydrogen) atoms. The van der Waals surface area contributed by atoms with Gasteiger partial charge in [-0.2, -0.15) is 8.42 Å². The Morgan fingerprint density at radius 1 is 1.20 bits per heavy atom. The molecule has 1 aromatic carbocycles. The second kappa shape index (κ2) is 8.64. The van der Waals surface area contributed by atoms with Gasteiger partial charge in [0.15, 0.2) is 5.75 Å². The summed E-state index contributed by atoms with van der Waals surface area (Å²) in [6, 6.07) is 7.38. The summed E-state index contributed by atoms with van der Waals surface area (Å²) in [4.78, 5) is 14.9. The molecule has 8 heteroatoms. The van der Waals surface area contributed by atoms with Gasteiger partial charge in [0.1, 0.15) is 6.61 Å². The molecule has 6 nitrogen and oxygen atoms in total. The van der Waals surface area contributed by atoms with Crippen LogP contribution >= 0.6 is 15.9 Å². The number of pyridine rings is 1. The van der Waals surface area contributed by atoms with Crippen LogP contribution in [-0.4, -0.2) is 20.0 Å². The highest BCUT2D eigenvalue weighted by Crippen LogP contribution is 2.17. The van der Waals surface area contributed by atoms with E-state index in [0.717, 1.165) is 10.9 Å². The number of nitrogens with one attached hydrogen (secondary N) is 1. The maximum atomic E-state index is 12.1. The van der Waals surface area contributed by atoms with Crippen LogP contribution in [0.1, 0.15) is 26.0 Å². The zero-order valence-electron chi connectivity index (χ0n) is 14.0. The number of halogens is 1. The number of hydrogen-bond donors (Lipinski definition) is 1. The van der Waals surface area contributed by atoms with Crippen LogP contribution in [0.4, 0.5) is 0 Å². The van der Waals surface area contributed by atoms with E-state index in [1.807, 2.05) is 0 Å². The Balaban J connectivity index is 2.00. The highest BCUT2D eigenvalue weighted by Gasteiger charge is 2.15. The summed E-state index contributed by atoms with van der Waals surface area (Å²) < 4.78 is 35.4. The molecule has 0 aliphatic rings. The van der Waals surface area contributed by atoms with Crippen molar-refractivity contribution in [2.45, 2.75) is 31.8 Å². The third-order valence-electron chi connectivity index (χ3n) is 3.36. The summed E-state index contributed by atoms with van der Waals surface area (Å²) in [7, 11) is -3.90. The van der Waals surface area contributed by atoms with Crippen molar-refractivity contribution in [3.05, 3.63) is 56.9 Å². The fourth-order valence-electron chi connectivity index (χ4n) is 1.91. The predicted molar refractivity (Wildman–Crippen MR) is 98.1 cm³/mol. The molecular weight excluding hydrogens is 410 g/mol. The minimum absolute atomic E-state index is 0.0479. The largest absolute Gasteiger partial charge is 0.488 e. The lowest BCUT2D eigenvalue weighted by molar-refractivity contribution is 0.283. The van der Waals surface area contributed by atoms with Gasteiger partial charge in [-0.3, -0.25) is 8.98 Å². The molecule has 1 aromatic heterocycles. The van der Waals surface area contributed by atoms with Crippen molar-refractivity contribution in [1.29, 1.82) is 0 Å². The van der Waals surface area contributed by atoms with Crippen LogP contribution in [0.3, 0.4) is 0 Å². The molecule has 0 spiro atoms. The molecular formula is C17H20BrNO5S. The lowest BCUT2D eigenvalue weighted by Gasteiger charge is -2.09. The zero-order chi connectivity index (χ0) is 18.4. The van der Waals surface area contributed by atoms with Crippen molar-refractivity contribution in [3.8, 4) is 5.75 Å². The molecule has 2 rings (SSSR count). The number of aromatic nitrogens is 1. The van der Waals surface area contributed by atoms with Gasteiger partial charge in [-0.15, -0.1) is 0 Å². The van der Waals surface area contributed by atoms with Gasteiger partial charge in [-0.05, 0) is 36.6 Å². The molecule has 0 unspecified atom stereocenters. The molecule has 2 aromatic rings. The van der Waals surface area contributed by atoms with Crippen LogP contribution < -0.4 is 10.2 Å². The standard InChI is InChI=1S/C17H20BrNO5S/c1-12(2)7-8-23-17-10-19-14(9-16(17)20)11-24-25(21,22)15-5-3-13(18)4-6-15/h3-6,9-10,12H,7-8,11H2,1-2H3,(H,19,20).